The minimum Gasteiger partial charge on any atom is -0.226 e. The van der Waals surface area contributed by atoms with Gasteiger partial charge >= 0.3 is 0 Å². The first-order valence-electron chi connectivity index (χ1n) is 9.10. The van der Waals surface area contributed by atoms with Gasteiger partial charge < -0.3 is 0 Å². The maximum Gasteiger partial charge on any atom is 0.289 e. The summed E-state index contributed by atoms with van der Waals surface area (Å²) in [5.74, 6) is 1.93. The quantitative estimate of drug-likeness (QED) is 0.599. The Morgan fingerprint density at radius 3 is 2.54 bits per heavy atom. The highest BCUT2D eigenvalue weighted by atomic mass is 15.2. The van der Waals surface area contributed by atoms with Crippen molar-refractivity contribution in [2.24, 2.45) is 7.05 Å². The molecular formula is C22H27N2+. The molecule has 124 valence electrons. The lowest BCUT2D eigenvalue weighted by atomic mass is 9.97. The summed E-state index contributed by atoms with van der Waals surface area (Å²) >= 11 is 0. The highest BCUT2D eigenvalue weighted by molar-refractivity contribution is 5.81. The van der Waals surface area contributed by atoms with Crippen molar-refractivity contribution in [1.82, 2.24) is 4.57 Å². The van der Waals surface area contributed by atoms with Crippen molar-refractivity contribution in [3.63, 3.8) is 0 Å². The summed E-state index contributed by atoms with van der Waals surface area (Å²) in [6, 6.07) is 11.6. The monoisotopic (exact) mass is 319 g/mol. The summed E-state index contributed by atoms with van der Waals surface area (Å²) in [6.07, 6.45) is 2.44. The van der Waals surface area contributed by atoms with Gasteiger partial charge in [-0.2, -0.15) is 0 Å². The Bertz CT molecular complexity index is 944. The van der Waals surface area contributed by atoms with Crippen LogP contribution in [0.4, 0.5) is 0 Å². The van der Waals surface area contributed by atoms with E-state index in [0.717, 1.165) is 6.54 Å². The summed E-state index contributed by atoms with van der Waals surface area (Å²) in [5, 5.41) is 0. The van der Waals surface area contributed by atoms with Crippen molar-refractivity contribution in [1.29, 1.82) is 0 Å². The van der Waals surface area contributed by atoms with Crippen LogP contribution in [0.15, 0.2) is 30.3 Å². The summed E-state index contributed by atoms with van der Waals surface area (Å²) in [5.41, 5.74) is 9.94. The van der Waals surface area contributed by atoms with Crippen LogP contribution in [-0.4, -0.2) is 4.57 Å². The molecule has 0 saturated heterocycles. The second-order valence-electron chi connectivity index (χ2n) is 7.60. The third-order valence-corrected chi connectivity index (χ3v) is 5.67. The van der Waals surface area contributed by atoms with Crippen LogP contribution in [0.25, 0.3) is 22.4 Å². The van der Waals surface area contributed by atoms with Crippen LogP contribution >= 0.6 is 0 Å². The van der Waals surface area contributed by atoms with E-state index in [1.54, 1.807) is 0 Å². The van der Waals surface area contributed by atoms with Crippen LogP contribution in [0, 0.1) is 13.8 Å². The van der Waals surface area contributed by atoms with Gasteiger partial charge in [-0.3, -0.25) is 0 Å². The Hall–Kier alpha value is -2.09. The lowest BCUT2D eigenvalue weighted by Crippen LogP contribution is -2.39. The summed E-state index contributed by atoms with van der Waals surface area (Å²) < 4.78 is 4.94. The summed E-state index contributed by atoms with van der Waals surface area (Å²) in [6.45, 7) is 10.1. The number of aromatic nitrogens is 2. The number of rotatable bonds is 2. The largest absolute Gasteiger partial charge is 0.289 e. The van der Waals surface area contributed by atoms with Crippen molar-refractivity contribution >= 4 is 11.0 Å². The Morgan fingerprint density at radius 1 is 1.04 bits per heavy atom. The number of nitrogens with zero attached hydrogens (tertiary/aromatic N) is 2. The van der Waals surface area contributed by atoms with Crippen molar-refractivity contribution in [2.45, 2.75) is 53.0 Å². The van der Waals surface area contributed by atoms with Crippen LogP contribution in [0.2, 0.25) is 0 Å². The number of benzene rings is 2. The van der Waals surface area contributed by atoms with Crippen LogP contribution in [0.1, 0.15) is 48.4 Å². The first-order chi connectivity index (χ1) is 11.5. The summed E-state index contributed by atoms with van der Waals surface area (Å²) in [7, 11) is 2.22. The lowest BCUT2D eigenvalue weighted by molar-refractivity contribution is -0.664. The average Bonchev–Trinajstić information content (AvgIpc) is 2.84. The Labute approximate surface area is 144 Å². The van der Waals surface area contributed by atoms with Crippen LogP contribution in [0.3, 0.4) is 0 Å². The van der Waals surface area contributed by atoms with Gasteiger partial charge in [-0.25, -0.2) is 9.13 Å². The Balaban J connectivity index is 2.02. The average molecular weight is 319 g/mol. The molecule has 1 aliphatic heterocycles. The standard InChI is InChI=1S/C22H27N2/c1-14(2)17-9-10-19(16(4)13-17)22-23(5)20-11-8-15(3)18-7-6-12-24(22)21(18)20/h8-11,13-14H,6-7,12H2,1-5H3/q+1. The molecule has 2 aromatic carbocycles. The van der Waals surface area contributed by atoms with Gasteiger partial charge in [0.05, 0.1) is 19.2 Å². The molecule has 2 heterocycles. The van der Waals surface area contributed by atoms with Crippen molar-refractivity contribution in [3.8, 4) is 11.4 Å². The molecule has 24 heavy (non-hydrogen) atoms. The van der Waals surface area contributed by atoms with Crippen molar-refractivity contribution < 1.29 is 4.57 Å². The number of hydrogen-bond donors (Lipinski definition) is 0. The van der Waals surface area contributed by atoms with Gasteiger partial charge in [0.25, 0.3) is 5.82 Å². The predicted molar refractivity (Wildman–Crippen MR) is 100 cm³/mol. The first kappa shape index (κ1) is 15.4. The number of imidazole rings is 1. The van der Waals surface area contributed by atoms with E-state index in [1.807, 2.05) is 0 Å². The first-order valence-corrected chi connectivity index (χ1v) is 9.10. The SMILES string of the molecule is Cc1cc(C(C)C)ccc1-c1n(C)c2ccc(C)c3c2[n+]1CCC3. The van der Waals surface area contributed by atoms with Crippen LogP contribution in [-0.2, 0) is 20.0 Å². The Kier molecular flexibility index (Phi) is 3.52. The molecule has 2 heteroatoms. The van der Waals surface area contributed by atoms with E-state index in [1.165, 1.54) is 57.5 Å². The molecule has 0 aliphatic carbocycles. The zero-order valence-corrected chi connectivity index (χ0v) is 15.5. The molecule has 2 nitrogen and oxygen atoms in total. The van der Waals surface area contributed by atoms with E-state index in [4.69, 9.17) is 0 Å². The van der Waals surface area contributed by atoms with Gasteiger partial charge in [0.2, 0.25) is 0 Å². The third-order valence-electron chi connectivity index (χ3n) is 5.67. The van der Waals surface area contributed by atoms with Gasteiger partial charge in [-0.15, -0.1) is 0 Å². The number of hydrogen-bond acceptors (Lipinski definition) is 0. The zero-order valence-electron chi connectivity index (χ0n) is 15.5. The van der Waals surface area contributed by atoms with E-state index in [9.17, 15) is 0 Å². The molecule has 0 radical (unpaired) electrons. The van der Waals surface area contributed by atoms with Crippen molar-refractivity contribution in [2.75, 3.05) is 0 Å². The molecule has 0 spiro atoms. The molecule has 0 bridgehead atoms. The van der Waals surface area contributed by atoms with Crippen molar-refractivity contribution in [3.05, 3.63) is 52.6 Å². The molecule has 4 rings (SSSR count). The molecule has 0 N–H and O–H groups in total. The van der Waals surface area contributed by atoms with E-state index in [-0.39, 0.29) is 0 Å². The van der Waals surface area contributed by atoms with E-state index < -0.39 is 0 Å². The Morgan fingerprint density at radius 2 is 1.83 bits per heavy atom. The molecule has 0 atom stereocenters. The molecule has 0 saturated carbocycles. The van der Waals surface area contributed by atoms with E-state index >= 15 is 0 Å². The molecule has 1 aromatic heterocycles. The smallest absolute Gasteiger partial charge is 0.226 e. The fourth-order valence-electron chi connectivity index (χ4n) is 4.27. The van der Waals surface area contributed by atoms with Gasteiger partial charge in [-0.1, -0.05) is 32.0 Å². The van der Waals surface area contributed by atoms with E-state index in [0.29, 0.717) is 5.92 Å². The van der Waals surface area contributed by atoms with Gasteiger partial charge in [0, 0.05) is 5.56 Å². The molecule has 3 aromatic rings. The highest BCUT2D eigenvalue weighted by Crippen LogP contribution is 2.31. The molecular weight excluding hydrogens is 292 g/mol. The topological polar surface area (TPSA) is 8.81 Å². The molecule has 0 amide bonds. The third kappa shape index (κ3) is 2.12. The molecule has 0 fully saturated rings. The predicted octanol–water partition coefficient (Wildman–Crippen LogP) is 4.82. The van der Waals surface area contributed by atoms with E-state index in [2.05, 4.69) is 74.2 Å². The summed E-state index contributed by atoms with van der Waals surface area (Å²) in [4.78, 5) is 0. The second-order valence-corrected chi connectivity index (χ2v) is 7.60. The van der Waals surface area contributed by atoms with Crippen LogP contribution in [0.5, 0.6) is 0 Å². The van der Waals surface area contributed by atoms with Gasteiger partial charge in [0.15, 0.2) is 11.0 Å². The minimum atomic E-state index is 0.575. The molecule has 0 unspecified atom stereocenters. The number of aryl methyl sites for hydroxylation is 5. The van der Waals surface area contributed by atoms with Gasteiger partial charge in [0.1, 0.15) is 0 Å². The fourth-order valence-corrected chi connectivity index (χ4v) is 4.27. The minimum absolute atomic E-state index is 0.575. The maximum absolute atomic E-state index is 2.55. The maximum atomic E-state index is 2.55. The second kappa shape index (κ2) is 5.47. The highest BCUT2D eigenvalue weighted by Gasteiger charge is 2.30. The van der Waals surface area contributed by atoms with Crippen LogP contribution < -0.4 is 4.57 Å². The molecule has 1 aliphatic rings. The fraction of sp³-hybridized carbons (Fsp3) is 0.409. The normalized spacial score (nSPS) is 13.9. The van der Waals surface area contributed by atoms with Gasteiger partial charge in [-0.05, 0) is 61.4 Å². The lowest BCUT2D eigenvalue weighted by Gasteiger charge is -2.14. The zero-order chi connectivity index (χ0) is 17.0.